The maximum absolute atomic E-state index is 14.0. The first-order chi connectivity index (χ1) is 14.5. The smallest absolute Gasteiger partial charge is 0.364 e. The van der Waals surface area contributed by atoms with Gasteiger partial charge < -0.3 is 16.0 Å². The number of hydrogen-bond acceptors (Lipinski definition) is 5. The molecule has 1 fully saturated rings. The molecule has 2 atom stereocenters. The number of halogens is 5. The van der Waals surface area contributed by atoms with Crippen LogP contribution in [0.4, 0.5) is 23.4 Å². The maximum atomic E-state index is 14.0. The Hall–Kier alpha value is -3.03. The van der Waals surface area contributed by atoms with E-state index in [0.717, 1.165) is 4.90 Å². The quantitative estimate of drug-likeness (QED) is 0.472. The molecule has 0 saturated carbocycles. The number of hydrogen-bond donors (Lipinski definition) is 2. The second kappa shape index (κ2) is 8.61. The van der Waals surface area contributed by atoms with Crippen LogP contribution in [0.2, 0.25) is 0 Å². The van der Waals surface area contributed by atoms with Crippen molar-refractivity contribution < 1.29 is 31.9 Å². The largest absolute Gasteiger partial charge is 0.433 e. The molecule has 0 bridgehead atoms. The first-order valence-corrected chi connectivity index (χ1v) is 9.57. The van der Waals surface area contributed by atoms with Gasteiger partial charge in [0.15, 0.2) is 5.69 Å². The van der Waals surface area contributed by atoms with E-state index in [1.54, 1.807) is 12.1 Å². The minimum Gasteiger partial charge on any atom is -0.364 e. The van der Waals surface area contributed by atoms with Crippen molar-refractivity contribution >= 4 is 39.5 Å². The predicted octanol–water partition coefficient (Wildman–Crippen LogP) is 1.74. The molecule has 3 heterocycles. The van der Waals surface area contributed by atoms with E-state index in [4.69, 9.17) is 5.73 Å². The lowest BCUT2D eigenvalue weighted by Gasteiger charge is -2.24. The van der Waals surface area contributed by atoms with Gasteiger partial charge in [-0.05, 0) is 28.1 Å². The van der Waals surface area contributed by atoms with Gasteiger partial charge in [0.25, 0.3) is 5.91 Å². The molecule has 31 heavy (non-hydrogen) atoms. The lowest BCUT2D eigenvalue weighted by Crippen LogP contribution is -2.45. The molecule has 3 rings (SSSR count). The third-order valence-corrected chi connectivity index (χ3v) is 4.89. The molecule has 14 heteroatoms. The van der Waals surface area contributed by atoms with E-state index in [1.165, 1.54) is 6.07 Å². The van der Waals surface area contributed by atoms with Crippen LogP contribution in [0.25, 0.3) is 0 Å². The van der Waals surface area contributed by atoms with Gasteiger partial charge in [0.2, 0.25) is 11.8 Å². The predicted molar refractivity (Wildman–Crippen MR) is 101 cm³/mol. The van der Waals surface area contributed by atoms with Crippen molar-refractivity contribution in [2.24, 2.45) is 5.73 Å². The number of likely N-dealkylation sites (tertiary alicyclic amines) is 1. The summed E-state index contributed by atoms with van der Waals surface area (Å²) in [6.45, 7) is -1.44. The van der Waals surface area contributed by atoms with Crippen LogP contribution >= 0.6 is 15.9 Å². The molecule has 2 aromatic rings. The van der Waals surface area contributed by atoms with E-state index in [-0.39, 0.29) is 16.9 Å². The molecule has 0 radical (unpaired) electrons. The number of nitrogens with zero attached hydrogens (tertiary/aromatic N) is 4. The highest BCUT2D eigenvalue weighted by atomic mass is 79.9. The minimum atomic E-state index is -4.92. The van der Waals surface area contributed by atoms with Crippen molar-refractivity contribution in [3.8, 4) is 0 Å². The van der Waals surface area contributed by atoms with Gasteiger partial charge in [0, 0.05) is 12.5 Å². The van der Waals surface area contributed by atoms with Crippen LogP contribution in [-0.4, -0.2) is 56.1 Å². The van der Waals surface area contributed by atoms with Crippen molar-refractivity contribution in [2.45, 2.75) is 31.4 Å². The Morgan fingerprint density at radius 2 is 2.00 bits per heavy atom. The fourth-order valence-corrected chi connectivity index (χ4v) is 3.44. The van der Waals surface area contributed by atoms with Crippen molar-refractivity contribution in [3.05, 3.63) is 40.3 Å². The number of pyridine rings is 1. The van der Waals surface area contributed by atoms with Crippen molar-refractivity contribution in [2.75, 3.05) is 11.9 Å². The number of rotatable bonds is 5. The molecule has 0 unspecified atom stereocenters. The van der Waals surface area contributed by atoms with Crippen LogP contribution in [-0.2, 0) is 22.3 Å². The molecular weight excluding hydrogens is 492 g/mol. The van der Waals surface area contributed by atoms with Gasteiger partial charge in [-0.15, -0.1) is 0 Å². The van der Waals surface area contributed by atoms with E-state index >= 15 is 0 Å². The van der Waals surface area contributed by atoms with Crippen molar-refractivity contribution in [3.63, 3.8) is 0 Å². The average molecular weight is 507 g/mol. The average Bonchev–Trinajstić information content (AvgIpc) is 3.25. The van der Waals surface area contributed by atoms with Gasteiger partial charge >= 0.3 is 6.18 Å². The Morgan fingerprint density at radius 1 is 1.29 bits per heavy atom. The topological polar surface area (TPSA) is 123 Å². The standard InChI is InChI=1S/C17H15BrF4N6O3/c18-12-2-1-3-13(24-12)25-16(31)10-4-8(19)6-27(10)14(29)7-28-11(17(20,21)22)5-9(26-28)15(23)30/h1-3,5,8,10H,4,6-7H2,(H2,23,30)(H,24,25,31)/t8-,10+/m1/s1. The monoisotopic (exact) mass is 506 g/mol. The third-order valence-electron chi connectivity index (χ3n) is 4.45. The molecule has 0 spiro atoms. The van der Waals surface area contributed by atoms with Gasteiger partial charge in [-0.25, -0.2) is 9.37 Å². The second-order valence-electron chi connectivity index (χ2n) is 6.66. The number of amides is 3. The number of carbonyl (C=O) groups excluding carboxylic acids is 3. The summed E-state index contributed by atoms with van der Waals surface area (Å²) in [7, 11) is 0. The van der Waals surface area contributed by atoms with Gasteiger partial charge in [-0.3, -0.25) is 19.1 Å². The van der Waals surface area contributed by atoms with Gasteiger partial charge in [0.05, 0.1) is 6.54 Å². The lowest BCUT2D eigenvalue weighted by atomic mass is 10.2. The van der Waals surface area contributed by atoms with Crippen LogP contribution in [0.1, 0.15) is 22.6 Å². The fraction of sp³-hybridized carbons (Fsp3) is 0.353. The van der Waals surface area contributed by atoms with Crippen LogP contribution < -0.4 is 11.1 Å². The highest BCUT2D eigenvalue weighted by molar-refractivity contribution is 9.10. The Balaban J connectivity index is 1.80. The second-order valence-corrected chi connectivity index (χ2v) is 7.48. The number of anilines is 1. The summed E-state index contributed by atoms with van der Waals surface area (Å²) >= 11 is 3.13. The number of carbonyl (C=O) groups is 3. The summed E-state index contributed by atoms with van der Waals surface area (Å²) in [4.78, 5) is 41.2. The number of nitrogens with two attached hydrogens (primary N) is 1. The van der Waals surface area contributed by atoms with E-state index in [2.05, 4.69) is 31.3 Å². The Bertz CT molecular complexity index is 1030. The SMILES string of the molecule is NC(=O)c1cc(C(F)(F)F)n(CC(=O)N2C[C@H](F)C[C@H]2C(=O)Nc2cccc(Br)n2)n1. The molecule has 0 aromatic carbocycles. The lowest BCUT2D eigenvalue weighted by molar-refractivity contribution is -0.146. The van der Waals surface area contributed by atoms with E-state index in [9.17, 15) is 31.9 Å². The Morgan fingerprint density at radius 3 is 2.61 bits per heavy atom. The summed E-state index contributed by atoms with van der Waals surface area (Å²) in [5, 5.41) is 5.86. The van der Waals surface area contributed by atoms with Gasteiger partial charge in [-0.1, -0.05) is 6.07 Å². The van der Waals surface area contributed by atoms with Crippen LogP contribution in [0.3, 0.4) is 0 Å². The molecule has 3 N–H and O–H groups in total. The molecule has 1 saturated heterocycles. The summed E-state index contributed by atoms with van der Waals surface area (Å²) in [6, 6.07) is 3.84. The Labute approximate surface area is 180 Å². The molecule has 1 aliphatic rings. The van der Waals surface area contributed by atoms with Crippen LogP contribution in [0, 0.1) is 0 Å². The molecule has 166 valence electrons. The van der Waals surface area contributed by atoms with E-state index in [0.29, 0.717) is 10.7 Å². The summed E-state index contributed by atoms with van der Waals surface area (Å²) in [5.74, 6) is -2.78. The van der Waals surface area contributed by atoms with Crippen LogP contribution in [0.5, 0.6) is 0 Å². The molecular formula is C17H15BrF4N6O3. The molecule has 9 nitrogen and oxygen atoms in total. The number of nitrogens with one attached hydrogen (secondary N) is 1. The van der Waals surface area contributed by atoms with Gasteiger partial charge in [0.1, 0.15) is 34.9 Å². The third kappa shape index (κ3) is 5.18. The number of alkyl halides is 4. The zero-order valence-electron chi connectivity index (χ0n) is 15.6. The maximum Gasteiger partial charge on any atom is 0.433 e. The van der Waals surface area contributed by atoms with E-state index in [1.807, 2.05) is 0 Å². The first-order valence-electron chi connectivity index (χ1n) is 8.77. The highest BCUT2D eigenvalue weighted by Crippen LogP contribution is 2.30. The van der Waals surface area contributed by atoms with E-state index < -0.39 is 60.6 Å². The van der Waals surface area contributed by atoms with Crippen molar-refractivity contribution in [1.82, 2.24) is 19.7 Å². The zero-order chi connectivity index (χ0) is 22.9. The number of primary amides is 1. The normalized spacial score (nSPS) is 18.8. The molecule has 2 aromatic heterocycles. The first kappa shape index (κ1) is 22.7. The summed E-state index contributed by atoms with van der Waals surface area (Å²) < 4.78 is 54.4. The van der Waals surface area contributed by atoms with Gasteiger partial charge in [-0.2, -0.15) is 18.3 Å². The highest BCUT2D eigenvalue weighted by Gasteiger charge is 2.42. The summed E-state index contributed by atoms with van der Waals surface area (Å²) in [5.41, 5.74) is 2.92. The molecule has 0 aliphatic carbocycles. The minimum absolute atomic E-state index is 0.145. The van der Waals surface area contributed by atoms with Crippen molar-refractivity contribution in [1.29, 1.82) is 0 Å². The van der Waals surface area contributed by atoms with Crippen LogP contribution in [0.15, 0.2) is 28.9 Å². The molecule has 1 aliphatic heterocycles. The Kier molecular flexibility index (Phi) is 6.29. The zero-order valence-corrected chi connectivity index (χ0v) is 17.2. The number of aromatic nitrogens is 3. The fourth-order valence-electron chi connectivity index (χ4n) is 3.10. The summed E-state index contributed by atoms with van der Waals surface area (Å²) in [6.07, 6.45) is -6.79. The molecule has 3 amide bonds.